The molecule has 0 radical (unpaired) electrons. The molecule has 8 nitrogen and oxygen atoms in total. The van der Waals surface area contributed by atoms with Gasteiger partial charge in [0.05, 0.1) is 11.6 Å². The van der Waals surface area contributed by atoms with Crippen molar-refractivity contribution in [2.24, 2.45) is 0 Å². The van der Waals surface area contributed by atoms with E-state index in [1.807, 2.05) is 13.0 Å². The van der Waals surface area contributed by atoms with E-state index in [0.717, 1.165) is 10.5 Å². The van der Waals surface area contributed by atoms with Gasteiger partial charge in [-0.2, -0.15) is 0 Å². The molecular formula is C20H18BrN3O5. The van der Waals surface area contributed by atoms with Gasteiger partial charge in [0.1, 0.15) is 12.2 Å². The van der Waals surface area contributed by atoms with Gasteiger partial charge >= 0.3 is 6.03 Å². The highest BCUT2D eigenvalue weighted by Crippen LogP contribution is 2.35. The van der Waals surface area contributed by atoms with Crippen LogP contribution in [0.25, 0.3) is 6.08 Å². The highest BCUT2D eigenvalue weighted by atomic mass is 79.9. The molecule has 0 spiro atoms. The van der Waals surface area contributed by atoms with Gasteiger partial charge in [-0.05, 0) is 64.3 Å². The van der Waals surface area contributed by atoms with Gasteiger partial charge in [-0.1, -0.05) is 12.1 Å². The largest absolute Gasteiger partial charge is 0.503 e. The molecule has 0 aromatic heterocycles. The maximum absolute atomic E-state index is 12.6. The van der Waals surface area contributed by atoms with E-state index in [2.05, 4.69) is 26.6 Å². The van der Waals surface area contributed by atoms with E-state index in [1.54, 1.807) is 24.3 Å². The van der Waals surface area contributed by atoms with E-state index in [9.17, 15) is 19.5 Å². The number of phenolic OH excluding ortho intramolecular Hbond substituents is 1. The van der Waals surface area contributed by atoms with Crippen molar-refractivity contribution in [1.29, 1.82) is 0 Å². The smallest absolute Gasteiger partial charge is 0.329 e. The molecular weight excluding hydrogens is 442 g/mol. The topological polar surface area (TPSA) is 108 Å². The van der Waals surface area contributed by atoms with Crippen molar-refractivity contribution in [2.75, 3.05) is 19.0 Å². The maximum Gasteiger partial charge on any atom is 0.329 e. The Labute approximate surface area is 175 Å². The van der Waals surface area contributed by atoms with Crippen molar-refractivity contribution < 1.29 is 24.2 Å². The first-order valence-corrected chi connectivity index (χ1v) is 9.35. The molecule has 1 aliphatic rings. The molecule has 4 amide bonds. The van der Waals surface area contributed by atoms with Gasteiger partial charge in [0.15, 0.2) is 11.5 Å². The number of hydrogen-bond acceptors (Lipinski definition) is 5. The fraction of sp³-hybridized carbons (Fsp3) is 0.150. The van der Waals surface area contributed by atoms with Gasteiger partial charge in [-0.3, -0.25) is 9.59 Å². The first kappa shape index (κ1) is 20.4. The van der Waals surface area contributed by atoms with Gasteiger partial charge in [-0.15, -0.1) is 0 Å². The number of aromatic hydroxyl groups is 1. The molecule has 3 N–H and O–H groups in total. The number of hydrogen-bond donors (Lipinski definition) is 3. The van der Waals surface area contributed by atoms with Crippen LogP contribution in [0.3, 0.4) is 0 Å². The molecule has 9 heteroatoms. The molecule has 0 saturated carbocycles. The highest BCUT2D eigenvalue weighted by Gasteiger charge is 2.35. The highest BCUT2D eigenvalue weighted by molar-refractivity contribution is 9.10. The number of carbonyl (C=O) groups is 3. The molecule has 0 bridgehead atoms. The number of urea groups is 1. The summed E-state index contributed by atoms with van der Waals surface area (Å²) >= 11 is 3.20. The number of nitrogens with zero attached hydrogens (tertiary/aromatic N) is 1. The lowest BCUT2D eigenvalue weighted by Crippen LogP contribution is -2.38. The summed E-state index contributed by atoms with van der Waals surface area (Å²) in [6.07, 6.45) is 1.44. The fourth-order valence-corrected chi connectivity index (χ4v) is 3.24. The second kappa shape index (κ2) is 8.36. The average molecular weight is 460 g/mol. The molecule has 0 aliphatic carbocycles. The average Bonchev–Trinajstić information content (AvgIpc) is 2.92. The van der Waals surface area contributed by atoms with Crippen LogP contribution in [0.5, 0.6) is 11.5 Å². The molecule has 1 saturated heterocycles. The third-order valence-electron chi connectivity index (χ3n) is 4.15. The maximum atomic E-state index is 12.6. The van der Waals surface area contributed by atoms with Gasteiger partial charge in [0.25, 0.3) is 5.91 Å². The van der Waals surface area contributed by atoms with Crippen molar-refractivity contribution >= 4 is 45.5 Å². The number of nitrogens with one attached hydrogen (secondary N) is 2. The van der Waals surface area contributed by atoms with Crippen LogP contribution < -0.4 is 15.4 Å². The van der Waals surface area contributed by atoms with E-state index in [-0.39, 0.29) is 17.2 Å². The zero-order valence-electron chi connectivity index (χ0n) is 15.7. The Kier molecular flexibility index (Phi) is 5.88. The first-order valence-electron chi connectivity index (χ1n) is 8.56. The summed E-state index contributed by atoms with van der Waals surface area (Å²) < 4.78 is 5.44. The van der Waals surface area contributed by atoms with Crippen LogP contribution in [0.4, 0.5) is 10.5 Å². The van der Waals surface area contributed by atoms with Crippen molar-refractivity contribution in [3.63, 3.8) is 0 Å². The normalized spacial score (nSPS) is 14.9. The number of benzene rings is 2. The van der Waals surface area contributed by atoms with E-state index >= 15 is 0 Å². The predicted molar refractivity (Wildman–Crippen MR) is 110 cm³/mol. The van der Waals surface area contributed by atoms with Crippen LogP contribution in [-0.4, -0.2) is 41.5 Å². The zero-order valence-corrected chi connectivity index (χ0v) is 17.2. The standard InChI is InChI=1S/C20H18BrN3O5/c1-11-4-3-5-13(6-11)22-17(25)10-24-19(27)15(23-20(24)28)8-12-7-14(21)18(26)16(9-12)29-2/h3-9,26H,10H2,1-2H3,(H,22,25)(H,23,28)/b15-8+. The molecule has 0 unspecified atom stereocenters. The second-order valence-corrected chi connectivity index (χ2v) is 7.21. The lowest BCUT2D eigenvalue weighted by molar-refractivity contribution is -0.127. The van der Waals surface area contributed by atoms with Crippen molar-refractivity contribution in [3.05, 3.63) is 57.7 Å². The summed E-state index contributed by atoms with van der Waals surface area (Å²) in [5, 5.41) is 15.0. The number of ether oxygens (including phenoxy) is 1. The minimum absolute atomic E-state index is 0.0120. The Bertz CT molecular complexity index is 1030. The summed E-state index contributed by atoms with van der Waals surface area (Å²) in [5.74, 6) is -0.991. The summed E-state index contributed by atoms with van der Waals surface area (Å²) in [6, 6.07) is 9.58. The monoisotopic (exact) mass is 459 g/mol. The number of carbonyl (C=O) groups excluding carboxylic acids is 3. The molecule has 3 rings (SSSR count). The van der Waals surface area contributed by atoms with Crippen molar-refractivity contribution in [3.8, 4) is 11.5 Å². The number of rotatable bonds is 5. The molecule has 1 heterocycles. The van der Waals surface area contributed by atoms with Crippen LogP contribution in [0, 0.1) is 6.92 Å². The van der Waals surface area contributed by atoms with Crippen molar-refractivity contribution in [2.45, 2.75) is 6.92 Å². The third kappa shape index (κ3) is 4.57. The number of imide groups is 1. The minimum atomic E-state index is -0.689. The quantitative estimate of drug-likeness (QED) is 0.470. The number of phenols is 1. The number of amides is 4. The van der Waals surface area contributed by atoms with Crippen LogP contribution in [0.15, 0.2) is 46.6 Å². The molecule has 0 atom stereocenters. The molecule has 2 aromatic rings. The van der Waals surface area contributed by atoms with Gasteiger partial charge in [0.2, 0.25) is 5.91 Å². The van der Waals surface area contributed by atoms with E-state index in [0.29, 0.717) is 15.7 Å². The van der Waals surface area contributed by atoms with E-state index in [1.165, 1.54) is 19.3 Å². The summed E-state index contributed by atoms with van der Waals surface area (Å²) in [4.78, 5) is 37.8. The number of aryl methyl sites for hydroxylation is 1. The molecule has 150 valence electrons. The van der Waals surface area contributed by atoms with Gasteiger partial charge in [-0.25, -0.2) is 9.69 Å². The van der Waals surface area contributed by atoms with Crippen LogP contribution in [-0.2, 0) is 9.59 Å². The van der Waals surface area contributed by atoms with Gasteiger partial charge < -0.3 is 20.5 Å². The second-order valence-electron chi connectivity index (χ2n) is 6.35. The lowest BCUT2D eigenvalue weighted by Gasteiger charge is -2.12. The Hall–Kier alpha value is -3.33. The van der Waals surface area contributed by atoms with Crippen LogP contribution in [0.1, 0.15) is 11.1 Å². The SMILES string of the molecule is COc1cc(/C=C2/NC(=O)N(CC(=O)Nc3cccc(C)c3)C2=O)cc(Br)c1O. The number of anilines is 1. The van der Waals surface area contributed by atoms with Crippen molar-refractivity contribution in [1.82, 2.24) is 10.2 Å². The van der Waals surface area contributed by atoms with Crippen LogP contribution in [0.2, 0.25) is 0 Å². The third-order valence-corrected chi connectivity index (χ3v) is 4.75. The number of methoxy groups -OCH3 is 1. The Morgan fingerprint density at radius 3 is 2.76 bits per heavy atom. The zero-order chi connectivity index (χ0) is 21.1. The molecule has 1 fully saturated rings. The first-order chi connectivity index (χ1) is 13.8. The van der Waals surface area contributed by atoms with Crippen LogP contribution >= 0.6 is 15.9 Å². The molecule has 1 aliphatic heterocycles. The molecule has 29 heavy (non-hydrogen) atoms. The fourth-order valence-electron chi connectivity index (χ4n) is 2.78. The Morgan fingerprint density at radius 2 is 2.07 bits per heavy atom. The molecule has 2 aromatic carbocycles. The lowest BCUT2D eigenvalue weighted by atomic mass is 10.1. The Balaban J connectivity index is 1.75. The van der Waals surface area contributed by atoms with E-state index < -0.39 is 24.4 Å². The summed E-state index contributed by atoms with van der Waals surface area (Å²) in [5.41, 5.74) is 2.08. The Morgan fingerprint density at radius 1 is 1.31 bits per heavy atom. The summed E-state index contributed by atoms with van der Waals surface area (Å²) in [7, 11) is 1.40. The number of halogens is 1. The summed E-state index contributed by atoms with van der Waals surface area (Å²) in [6.45, 7) is 1.47. The van der Waals surface area contributed by atoms with E-state index in [4.69, 9.17) is 4.74 Å². The predicted octanol–water partition coefficient (Wildman–Crippen LogP) is 3.00. The minimum Gasteiger partial charge on any atom is -0.503 e. The van der Waals surface area contributed by atoms with Gasteiger partial charge in [0, 0.05) is 5.69 Å².